The molecule has 0 bridgehead atoms. The first-order valence-corrected chi connectivity index (χ1v) is 5.73. The third-order valence-electron chi connectivity index (χ3n) is 3.28. The minimum Gasteiger partial charge on any atom is -0.494 e. The third kappa shape index (κ3) is 2.00. The number of hydrogen-bond acceptors (Lipinski definition) is 3. The molecule has 1 saturated carbocycles. The van der Waals surface area contributed by atoms with Crippen LogP contribution in [0.15, 0.2) is 24.3 Å². The molecule has 0 saturated heterocycles. The molecule has 1 fully saturated rings. The molecule has 0 amide bonds. The zero-order chi connectivity index (χ0) is 12.5. The number of carboxylic acid groups (broad SMARTS) is 1. The lowest BCUT2D eigenvalue weighted by Crippen LogP contribution is -2.50. The summed E-state index contributed by atoms with van der Waals surface area (Å²) in [6.45, 7) is 2.43. The molecule has 0 heterocycles. The van der Waals surface area contributed by atoms with Gasteiger partial charge in [0.2, 0.25) is 0 Å². The molecule has 0 atom stereocenters. The fraction of sp³-hybridized carbons (Fsp3) is 0.462. The van der Waals surface area contributed by atoms with E-state index >= 15 is 0 Å². The molecule has 0 unspecified atom stereocenters. The second kappa shape index (κ2) is 4.37. The Morgan fingerprint density at radius 3 is 2.76 bits per heavy atom. The Bertz CT molecular complexity index is 421. The van der Waals surface area contributed by atoms with Gasteiger partial charge in [-0.2, -0.15) is 0 Å². The number of carbonyl (C=O) groups is 1. The summed E-state index contributed by atoms with van der Waals surface area (Å²) in [4.78, 5) is 11.4. The lowest BCUT2D eigenvalue weighted by atomic mass is 9.63. The molecule has 0 aromatic heterocycles. The number of aliphatic hydroxyl groups is 1. The van der Waals surface area contributed by atoms with Gasteiger partial charge in [-0.05, 0) is 37.5 Å². The minimum absolute atomic E-state index is 0.276. The molecule has 1 aromatic carbocycles. The van der Waals surface area contributed by atoms with Crippen molar-refractivity contribution in [3.05, 3.63) is 29.8 Å². The second-order valence-electron chi connectivity index (χ2n) is 4.41. The summed E-state index contributed by atoms with van der Waals surface area (Å²) >= 11 is 0. The summed E-state index contributed by atoms with van der Waals surface area (Å²) in [7, 11) is 0. The Labute approximate surface area is 99.8 Å². The van der Waals surface area contributed by atoms with Crippen LogP contribution in [0.1, 0.15) is 25.3 Å². The highest BCUT2D eigenvalue weighted by Gasteiger charge is 2.51. The van der Waals surface area contributed by atoms with Crippen LogP contribution in [0.5, 0.6) is 5.75 Å². The van der Waals surface area contributed by atoms with Crippen LogP contribution in [-0.2, 0) is 10.2 Å². The summed E-state index contributed by atoms with van der Waals surface area (Å²) in [6.07, 6.45) is 0.0392. The predicted molar refractivity (Wildman–Crippen MR) is 62.2 cm³/mol. The Morgan fingerprint density at radius 1 is 1.53 bits per heavy atom. The predicted octanol–water partition coefficient (Wildman–Crippen LogP) is 1.56. The van der Waals surface area contributed by atoms with Crippen molar-refractivity contribution in [3.63, 3.8) is 0 Å². The molecular formula is C13H16O4. The van der Waals surface area contributed by atoms with E-state index in [1.165, 1.54) is 0 Å². The summed E-state index contributed by atoms with van der Waals surface area (Å²) in [5.41, 5.74) is -0.228. The lowest BCUT2D eigenvalue weighted by Gasteiger charge is -2.42. The molecule has 2 N–H and O–H groups in total. The van der Waals surface area contributed by atoms with Crippen molar-refractivity contribution < 1.29 is 19.7 Å². The summed E-state index contributed by atoms with van der Waals surface area (Å²) in [5.74, 6) is -0.205. The van der Waals surface area contributed by atoms with E-state index in [0.29, 0.717) is 17.9 Å². The molecule has 92 valence electrons. The van der Waals surface area contributed by atoms with Crippen LogP contribution >= 0.6 is 0 Å². The normalized spacial score (nSPS) is 27.3. The lowest BCUT2D eigenvalue weighted by molar-refractivity contribution is -0.152. The van der Waals surface area contributed by atoms with Gasteiger partial charge in [-0.3, -0.25) is 4.79 Å². The molecule has 0 radical (unpaired) electrons. The van der Waals surface area contributed by atoms with Crippen molar-refractivity contribution in [3.8, 4) is 5.75 Å². The van der Waals surface area contributed by atoms with Crippen molar-refractivity contribution in [2.45, 2.75) is 31.3 Å². The Hall–Kier alpha value is -1.55. The largest absolute Gasteiger partial charge is 0.494 e. The molecule has 17 heavy (non-hydrogen) atoms. The van der Waals surface area contributed by atoms with Crippen molar-refractivity contribution >= 4 is 5.97 Å². The van der Waals surface area contributed by atoms with Gasteiger partial charge in [-0.1, -0.05) is 12.1 Å². The van der Waals surface area contributed by atoms with Gasteiger partial charge in [0.25, 0.3) is 0 Å². The Kier molecular flexibility index (Phi) is 3.07. The molecule has 1 aromatic rings. The minimum atomic E-state index is -0.938. The second-order valence-corrected chi connectivity index (χ2v) is 4.41. The van der Waals surface area contributed by atoms with Gasteiger partial charge in [0.05, 0.1) is 18.1 Å². The summed E-state index contributed by atoms with van der Waals surface area (Å²) < 4.78 is 5.36. The highest BCUT2D eigenvalue weighted by atomic mass is 16.5. The monoisotopic (exact) mass is 236 g/mol. The Morgan fingerprint density at radius 2 is 2.24 bits per heavy atom. The maximum atomic E-state index is 11.4. The maximum absolute atomic E-state index is 11.4. The fourth-order valence-electron chi connectivity index (χ4n) is 2.33. The summed E-state index contributed by atoms with van der Waals surface area (Å²) in [5, 5.41) is 18.7. The molecule has 4 heteroatoms. The molecule has 0 aliphatic heterocycles. The zero-order valence-corrected chi connectivity index (χ0v) is 9.72. The maximum Gasteiger partial charge on any atom is 0.314 e. The fourth-order valence-corrected chi connectivity index (χ4v) is 2.33. The third-order valence-corrected chi connectivity index (χ3v) is 3.28. The van der Waals surface area contributed by atoms with Crippen molar-refractivity contribution in [1.82, 2.24) is 0 Å². The van der Waals surface area contributed by atoms with E-state index in [-0.39, 0.29) is 12.8 Å². The molecule has 0 spiro atoms. The number of ether oxygens (including phenoxy) is 1. The first-order chi connectivity index (χ1) is 8.08. The Balaban J connectivity index is 2.31. The van der Waals surface area contributed by atoms with E-state index in [4.69, 9.17) is 4.74 Å². The van der Waals surface area contributed by atoms with E-state index in [0.717, 1.165) is 0 Å². The van der Waals surface area contributed by atoms with Crippen LogP contribution < -0.4 is 4.74 Å². The van der Waals surface area contributed by atoms with Crippen LogP contribution in [0.25, 0.3) is 0 Å². The molecule has 1 aliphatic carbocycles. The van der Waals surface area contributed by atoms with Gasteiger partial charge in [0, 0.05) is 0 Å². The van der Waals surface area contributed by atoms with E-state index < -0.39 is 17.5 Å². The average molecular weight is 236 g/mol. The number of carboxylic acids is 1. The molecule has 1 aliphatic rings. The van der Waals surface area contributed by atoms with Crippen molar-refractivity contribution in [2.24, 2.45) is 0 Å². The summed E-state index contributed by atoms with van der Waals surface area (Å²) in [6, 6.07) is 7.12. The number of aliphatic carboxylic acids is 1. The van der Waals surface area contributed by atoms with Gasteiger partial charge >= 0.3 is 5.97 Å². The van der Waals surface area contributed by atoms with Crippen LogP contribution in [0.4, 0.5) is 0 Å². The van der Waals surface area contributed by atoms with E-state index in [2.05, 4.69) is 0 Å². The SMILES string of the molecule is CCOc1cccc(C2(C(=O)O)CC(O)C2)c1. The van der Waals surface area contributed by atoms with Crippen LogP contribution in [-0.4, -0.2) is 28.9 Å². The van der Waals surface area contributed by atoms with Gasteiger partial charge in [-0.15, -0.1) is 0 Å². The number of benzene rings is 1. The van der Waals surface area contributed by atoms with Crippen LogP contribution in [0.3, 0.4) is 0 Å². The highest BCUT2D eigenvalue weighted by molar-refractivity contribution is 5.83. The zero-order valence-electron chi connectivity index (χ0n) is 9.72. The van der Waals surface area contributed by atoms with Gasteiger partial charge < -0.3 is 14.9 Å². The molecular weight excluding hydrogens is 220 g/mol. The van der Waals surface area contributed by atoms with E-state index in [1.54, 1.807) is 24.3 Å². The van der Waals surface area contributed by atoms with Crippen molar-refractivity contribution in [1.29, 1.82) is 0 Å². The highest BCUT2D eigenvalue weighted by Crippen LogP contribution is 2.44. The smallest absolute Gasteiger partial charge is 0.314 e. The average Bonchev–Trinajstić information content (AvgIpc) is 2.25. The van der Waals surface area contributed by atoms with E-state index in [1.807, 2.05) is 6.92 Å². The quantitative estimate of drug-likeness (QED) is 0.832. The van der Waals surface area contributed by atoms with Gasteiger partial charge in [0.15, 0.2) is 0 Å². The van der Waals surface area contributed by atoms with Crippen LogP contribution in [0, 0.1) is 0 Å². The molecule has 4 nitrogen and oxygen atoms in total. The van der Waals surface area contributed by atoms with Crippen LogP contribution in [0.2, 0.25) is 0 Å². The van der Waals surface area contributed by atoms with Gasteiger partial charge in [0.1, 0.15) is 5.75 Å². The first kappa shape index (κ1) is 11.9. The standard InChI is InChI=1S/C13H16O4/c1-2-17-11-5-3-4-9(6-11)13(12(15)16)7-10(14)8-13/h3-6,10,14H,2,7-8H2,1H3,(H,15,16). The topological polar surface area (TPSA) is 66.8 Å². The number of aliphatic hydroxyl groups excluding tert-OH is 1. The van der Waals surface area contributed by atoms with Gasteiger partial charge in [-0.25, -0.2) is 0 Å². The number of hydrogen-bond donors (Lipinski definition) is 2. The first-order valence-electron chi connectivity index (χ1n) is 5.73. The molecule has 2 rings (SSSR count). The van der Waals surface area contributed by atoms with Crippen molar-refractivity contribution in [2.75, 3.05) is 6.61 Å². The number of rotatable bonds is 4. The van der Waals surface area contributed by atoms with E-state index in [9.17, 15) is 15.0 Å².